The molecule has 1 N–H and O–H groups in total. The Hall–Kier alpha value is -2.27. The third kappa shape index (κ3) is 2.07. The molecule has 2 atom stereocenters. The SMILES string of the molecule is Cc1cccc(C)c1N1C(=O)C2Nc3ccccc3SC2C1=O. The molecule has 4 rings (SSSR count). The standard InChI is InChI=1S/C18H16N2O2S/c1-10-6-5-7-11(2)15(10)20-17(21)14-16(18(20)22)23-13-9-4-3-8-12(13)19-14/h3-9,14,16,19H,1-2H3. The molecule has 2 aliphatic rings. The molecular formula is C18H16N2O2S. The van der Waals surface area contributed by atoms with E-state index < -0.39 is 11.3 Å². The Morgan fingerprint density at radius 1 is 0.957 bits per heavy atom. The van der Waals surface area contributed by atoms with E-state index in [1.165, 1.54) is 16.7 Å². The summed E-state index contributed by atoms with van der Waals surface area (Å²) in [5.41, 5.74) is 3.52. The minimum Gasteiger partial charge on any atom is -0.371 e. The number of aryl methyl sites for hydroxylation is 2. The number of amides is 2. The van der Waals surface area contributed by atoms with Crippen LogP contribution in [0.4, 0.5) is 11.4 Å². The fourth-order valence-corrected chi connectivity index (χ4v) is 4.49. The number of imide groups is 1. The van der Waals surface area contributed by atoms with E-state index >= 15 is 0 Å². The second-order valence-corrected chi connectivity index (χ2v) is 7.09. The molecule has 0 aliphatic carbocycles. The Kier molecular flexibility index (Phi) is 3.20. The van der Waals surface area contributed by atoms with Crippen molar-refractivity contribution in [3.63, 3.8) is 0 Å². The average molecular weight is 324 g/mol. The second-order valence-electron chi connectivity index (χ2n) is 5.91. The number of hydrogen-bond donors (Lipinski definition) is 1. The summed E-state index contributed by atoms with van der Waals surface area (Å²) in [6.07, 6.45) is 0. The van der Waals surface area contributed by atoms with Crippen LogP contribution in [0.1, 0.15) is 11.1 Å². The van der Waals surface area contributed by atoms with Crippen molar-refractivity contribution in [1.29, 1.82) is 0 Å². The number of anilines is 2. The van der Waals surface area contributed by atoms with Crippen LogP contribution in [-0.2, 0) is 9.59 Å². The summed E-state index contributed by atoms with van der Waals surface area (Å²) in [6.45, 7) is 3.86. The summed E-state index contributed by atoms with van der Waals surface area (Å²) >= 11 is 1.48. The van der Waals surface area contributed by atoms with Crippen molar-refractivity contribution in [3.05, 3.63) is 53.6 Å². The second kappa shape index (κ2) is 5.13. The molecule has 1 saturated heterocycles. The van der Waals surface area contributed by atoms with Gasteiger partial charge in [0.25, 0.3) is 5.91 Å². The number of benzene rings is 2. The van der Waals surface area contributed by atoms with Crippen molar-refractivity contribution >= 4 is 35.0 Å². The first-order valence-electron chi connectivity index (χ1n) is 7.54. The van der Waals surface area contributed by atoms with Gasteiger partial charge in [-0.25, -0.2) is 4.90 Å². The maximum Gasteiger partial charge on any atom is 0.258 e. The molecule has 5 heteroatoms. The van der Waals surface area contributed by atoms with E-state index in [1.807, 2.05) is 56.3 Å². The molecule has 1 fully saturated rings. The lowest BCUT2D eigenvalue weighted by molar-refractivity contribution is -0.121. The Morgan fingerprint density at radius 2 is 1.65 bits per heavy atom. The summed E-state index contributed by atoms with van der Waals surface area (Å²) in [5.74, 6) is -0.302. The van der Waals surface area contributed by atoms with Crippen LogP contribution in [0.5, 0.6) is 0 Å². The van der Waals surface area contributed by atoms with E-state index in [1.54, 1.807) is 0 Å². The molecule has 0 aromatic heterocycles. The van der Waals surface area contributed by atoms with Gasteiger partial charge in [-0.2, -0.15) is 0 Å². The smallest absolute Gasteiger partial charge is 0.258 e. The van der Waals surface area contributed by atoms with Crippen molar-refractivity contribution in [3.8, 4) is 0 Å². The van der Waals surface area contributed by atoms with Crippen molar-refractivity contribution in [2.24, 2.45) is 0 Å². The zero-order valence-electron chi connectivity index (χ0n) is 12.9. The number of nitrogens with zero attached hydrogens (tertiary/aromatic N) is 1. The van der Waals surface area contributed by atoms with Crippen LogP contribution in [0.2, 0.25) is 0 Å². The largest absolute Gasteiger partial charge is 0.371 e. The molecule has 0 radical (unpaired) electrons. The monoisotopic (exact) mass is 324 g/mol. The minimum atomic E-state index is -0.499. The highest BCUT2D eigenvalue weighted by atomic mass is 32.2. The lowest BCUT2D eigenvalue weighted by atomic mass is 10.1. The molecule has 2 amide bonds. The molecule has 0 bridgehead atoms. The normalized spacial score (nSPS) is 22.6. The number of fused-ring (bicyclic) bond motifs is 2. The topological polar surface area (TPSA) is 49.4 Å². The number of nitrogens with one attached hydrogen (secondary N) is 1. The Balaban J connectivity index is 1.77. The van der Waals surface area contributed by atoms with Crippen molar-refractivity contribution < 1.29 is 9.59 Å². The van der Waals surface area contributed by atoms with Gasteiger partial charge in [-0.05, 0) is 37.1 Å². The highest BCUT2D eigenvalue weighted by molar-refractivity contribution is 8.01. The first-order valence-corrected chi connectivity index (χ1v) is 8.42. The number of rotatable bonds is 1. The molecule has 4 nitrogen and oxygen atoms in total. The lowest BCUT2D eigenvalue weighted by Crippen LogP contribution is -2.38. The summed E-state index contributed by atoms with van der Waals surface area (Å²) in [7, 11) is 0. The average Bonchev–Trinajstić information content (AvgIpc) is 2.78. The number of thioether (sulfide) groups is 1. The van der Waals surface area contributed by atoms with Crippen molar-refractivity contribution in [2.75, 3.05) is 10.2 Å². The number of para-hydroxylation sites is 2. The molecule has 2 aromatic carbocycles. The van der Waals surface area contributed by atoms with Gasteiger partial charge >= 0.3 is 0 Å². The quantitative estimate of drug-likeness (QED) is 0.819. The number of hydrogen-bond acceptors (Lipinski definition) is 4. The van der Waals surface area contributed by atoms with E-state index in [0.29, 0.717) is 0 Å². The van der Waals surface area contributed by atoms with Gasteiger partial charge in [0.1, 0.15) is 11.3 Å². The van der Waals surface area contributed by atoms with Crippen LogP contribution >= 0.6 is 11.8 Å². The van der Waals surface area contributed by atoms with Gasteiger partial charge in [0, 0.05) is 10.6 Å². The molecular weight excluding hydrogens is 308 g/mol. The van der Waals surface area contributed by atoms with Gasteiger partial charge in [0.15, 0.2) is 0 Å². The zero-order chi connectivity index (χ0) is 16.1. The van der Waals surface area contributed by atoms with Gasteiger partial charge in [-0.15, -0.1) is 11.8 Å². The fraction of sp³-hybridized carbons (Fsp3) is 0.222. The first kappa shape index (κ1) is 14.3. The van der Waals surface area contributed by atoms with Crippen LogP contribution in [-0.4, -0.2) is 23.1 Å². The Labute approximate surface area is 138 Å². The van der Waals surface area contributed by atoms with Crippen LogP contribution in [0.15, 0.2) is 47.4 Å². The third-order valence-electron chi connectivity index (χ3n) is 4.37. The highest BCUT2D eigenvalue weighted by Gasteiger charge is 2.51. The van der Waals surface area contributed by atoms with Gasteiger partial charge in [0.2, 0.25) is 5.91 Å². The molecule has 2 aromatic rings. The third-order valence-corrected chi connectivity index (χ3v) is 5.71. The van der Waals surface area contributed by atoms with Gasteiger partial charge in [-0.1, -0.05) is 30.3 Å². The van der Waals surface area contributed by atoms with Crippen molar-refractivity contribution in [2.45, 2.75) is 30.0 Å². The Morgan fingerprint density at radius 3 is 2.39 bits per heavy atom. The minimum absolute atomic E-state index is 0.135. The molecule has 0 saturated carbocycles. The maximum absolute atomic E-state index is 12.9. The predicted octanol–water partition coefficient (Wildman–Crippen LogP) is 3.13. The maximum atomic E-state index is 12.9. The van der Waals surface area contributed by atoms with Gasteiger partial charge in [0.05, 0.1) is 5.69 Å². The van der Waals surface area contributed by atoms with Crippen molar-refractivity contribution in [1.82, 2.24) is 0 Å². The molecule has 2 unspecified atom stereocenters. The molecule has 0 spiro atoms. The zero-order valence-corrected chi connectivity index (χ0v) is 13.7. The highest BCUT2D eigenvalue weighted by Crippen LogP contribution is 2.43. The van der Waals surface area contributed by atoms with E-state index in [-0.39, 0.29) is 11.8 Å². The predicted molar refractivity (Wildman–Crippen MR) is 91.9 cm³/mol. The van der Waals surface area contributed by atoms with Crippen LogP contribution in [0.25, 0.3) is 0 Å². The molecule has 2 aliphatic heterocycles. The number of carbonyl (C=O) groups excluding carboxylic acids is 2. The van der Waals surface area contributed by atoms with Gasteiger partial charge < -0.3 is 5.32 Å². The van der Waals surface area contributed by atoms with Gasteiger partial charge in [-0.3, -0.25) is 9.59 Å². The van der Waals surface area contributed by atoms with E-state index in [0.717, 1.165) is 27.4 Å². The van der Waals surface area contributed by atoms with E-state index in [4.69, 9.17) is 0 Å². The summed E-state index contributed by atoms with van der Waals surface area (Å²) in [5, 5.41) is 2.84. The lowest BCUT2D eigenvalue weighted by Gasteiger charge is -2.25. The molecule has 2 heterocycles. The number of carbonyl (C=O) groups is 2. The van der Waals surface area contributed by atoms with E-state index in [2.05, 4.69) is 5.32 Å². The van der Waals surface area contributed by atoms with E-state index in [9.17, 15) is 9.59 Å². The first-order chi connectivity index (χ1) is 11.1. The summed E-state index contributed by atoms with van der Waals surface area (Å²) in [6, 6.07) is 13.1. The van der Waals surface area contributed by atoms with Crippen LogP contribution in [0.3, 0.4) is 0 Å². The summed E-state index contributed by atoms with van der Waals surface area (Å²) in [4.78, 5) is 28.2. The molecule has 23 heavy (non-hydrogen) atoms. The molecule has 116 valence electrons. The fourth-order valence-electron chi connectivity index (χ4n) is 3.27. The van der Waals surface area contributed by atoms with Crippen LogP contribution < -0.4 is 10.2 Å². The summed E-state index contributed by atoms with van der Waals surface area (Å²) < 4.78 is 0. The Bertz CT molecular complexity index is 770. The van der Waals surface area contributed by atoms with Crippen LogP contribution in [0, 0.1) is 13.8 Å².